The van der Waals surface area contributed by atoms with E-state index in [4.69, 9.17) is 9.47 Å². The van der Waals surface area contributed by atoms with E-state index >= 15 is 0 Å². The van der Waals surface area contributed by atoms with E-state index in [1.54, 1.807) is 0 Å². The molecule has 4 nitrogen and oxygen atoms in total. The molecule has 0 bridgehead atoms. The molecule has 11 aromatic carbocycles. The first kappa shape index (κ1) is 41.8. The summed E-state index contributed by atoms with van der Waals surface area (Å²) in [7, 11) is -3.37. The summed E-state index contributed by atoms with van der Waals surface area (Å²) >= 11 is 0. The van der Waals surface area contributed by atoms with Crippen LogP contribution in [-0.2, 0) is 5.41 Å². The van der Waals surface area contributed by atoms with Gasteiger partial charge in [0, 0.05) is 11.4 Å². The molecule has 3 aliphatic rings. The van der Waals surface area contributed by atoms with Gasteiger partial charge in [-0.15, -0.1) is 0 Å². The summed E-state index contributed by atoms with van der Waals surface area (Å²) in [6.45, 7) is 0. The lowest BCUT2D eigenvalue weighted by molar-refractivity contribution is 0.477. The molecule has 340 valence electrons. The Bertz CT molecular complexity index is 3570. The minimum atomic E-state index is -3.37. The van der Waals surface area contributed by atoms with Gasteiger partial charge in [-0.2, -0.15) is 0 Å². The van der Waals surface area contributed by atoms with Crippen molar-refractivity contribution < 1.29 is 9.47 Å². The van der Waals surface area contributed by atoms with Crippen LogP contribution in [0.1, 0.15) is 22.3 Å². The zero-order valence-electron chi connectivity index (χ0n) is 39.3. The second-order valence-electron chi connectivity index (χ2n) is 18.8. The van der Waals surface area contributed by atoms with Gasteiger partial charge in [-0.05, 0) is 121 Å². The largest absolute Gasteiger partial charge is 0.453 e. The molecule has 0 spiro atoms. The summed E-state index contributed by atoms with van der Waals surface area (Å²) in [5, 5.41) is 5.07. The molecule has 0 unspecified atom stereocenters. The first-order valence-electron chi connectivity index (χ1n) is 24.7. The van der Waals surface area contributed by atoms with Crippen molar-refractivity contribution in [3.05, 3.63) is 301 Å². The van der Waals surface area contributed by atoms with Gasteiger partial charge in [-0.25, -0.2) is 0 Å². The molecule has 72 heavy (non-hydrogen) atoms. The fraction of sp³-hybridized carbons (Fsp3) is 0.0149. The Morgan fingerprint density at radius 3 is 1.10 bits per heavy atom. The van der Waals surface area contributed by atoms with Crippen LogP contribution in [0.4, 0.5) is 34.1 Å². The highest BCUT2D eigenvalue weighted by Gasteiger charge is 2.48. The summed E-state index contributed by atoms with van der Waals surface area (Å²) in [5.74, 6) is 3.21. The van der Waals surface area contributed by atoms with Crippen LogP contribution < -0.4 is 40.0 Å². The molecule has 0 N–H and O–H groups in total. The lowest BCUT2D eigenvalue weighted by atomic mass is 9.68. The maximum absolute atomic E-state index is 6.67. The monoisotopic (exact) mass is 938 g/mol. The van der Waals surface area contributed by atoms with Gasteiger partial charge >= 0.3 is 0 Å². The molecule has 2 aliphatic heterocycles. The average Bonchev–Trinajstić information content (AvgIpc) is 3.76. The number of ether oxygens (including phenoxy) is 2. The molecule has 1 aliphatic carbocycles. The van der Waals surface area contributed by atoms with Crippen LogP contribution in [0.2, 0.25) is 0 Å². The number of para-hydroxylation sites is 8. The summed E-state index contributed by atoms with van der Waals surface area (Å²) < 4.78 is 13.3. The van der Waals surface area contributed by atoms with Gasteiger partial charge in [0.1, 0.15) is 0 Å². The minimum absolute atomic E-state index is 0.590. The SMILES string of the molecule is c1ccc(C2(c3cccc([Si](c4ccccc4)(c4ccccc4)c4cc(N5c6ccccc6Oc6ccccc65)cc(N5c6ccccc6Oc6ccccc65)c4)c3)c3ccccc3-c3ccccc32)cc1. The molecular weight excluding hydrogens is 893 g/mol. The van der Waals surface area contributed by atoms with E-state index in [0.29, 0.717) is 0 Å². The van der Waals surface area contributed by atoms with Gasteiger partial charge in [-0.3, -0.25) is 0 Å². The van der Waals surface area contributed by atoms with Crippen molar-refractivity contribution in [1.29, 1.82) is 0 Å². The second-order valence-corrected chi connectivity index (χ2v) is 22.6. The van der Waals surface area contributed by atoms with Crippen molar-refractivity contribution in [3.63, 3.8) is 0 Å². The highest BCUT2D eigenvalue weighted by atomic mass is 28.3. The van der Waals surface area contributed by atoms with E-state index in [-0.39, 0.29) is 0 Å². The molecule has 0 atom stereocenters. The number of hydrogen-bond donors (Lipinski definition) is 0. The second kappa shape index (κ2) is 16.8. The van der Waals surface area contributed by atoms with Crippen molar-refractivity contribution in [2.24, 2.45) is 0 Å². The molecule has 2 heterocycles. The predicted octanol–water partition coefficient (Wildman–Crippen LogP) is 14.6. The van der Waals surface area contributed by atoms with Crippen LogP contribution in [0, 0.1) is 0 Å². The van der Waals surface area contributed by atoms with Crippen LogP contribution in [-0.4, -0.2) is 8.07 Å². The normalized spacial score (nSPS) is 13.6. The Hall–Kier alpha value is -9.16. The van der Waals surface area contributed by atoms with E-state index in [9.17, 15) is 0 Å². The average molecular weight is 939 g/mol. The molecule has 0 fully saturated rings. The topological polar surface area (TPSA) is 24.9 Å². The molecular formula is C67H46N2O2Si. The summed E-state index contributed by atoms with van der Waals surface area (Å²) in [4.78, 5) is 4.78. The summed E-state index contributed by atoms with van der Waals surface area (Å²) in [6.07, 6.45) is 0. The summed E-state index contributed by atoms with van der Waals surface area (Å²) in [5.41, 5.74) is 12.9. The molecule has 5 heteroatoms. The van der Waals surface area contributed by atoms with Crippen molar-refractivity contribution in [1.82, 2.24) is 0 Å². The van der Waals surface area contributed by atoms with Gasteiger partial charge in [0.2, 0.25) is 0 Å². The Balaban J connectivity index is 1.12. The number of nitrogens with zero attached hydrogens (tertiary/aromatic N) is 2. The molecule has 0 saturated carbocycles. The fourth-order valence-corrected chi connectivity index (χ4v) is 16.9. The van der Waals surface area contributed by atoms with E-state index in [0.717, 1.165) is 57.1 Å². The highest BCUT2D eigenvalue weighted by Crippen LogP contribution is 2.57. The van der Waals surface area contributed by atoms with Crippen molar-refractivity contribution >= 4 is 62.9 Å². The Morgan fingerprint density at radius 1 is 0.278 bits per heavy atom. The number of anilines is 6. The van der Waals surface area contributed by atoms with Crippen LogP contribution in [0.3, 0.4) is 0 Å². The maximum atomic E-state index is 6.67. The lowest BCUT2D eigenvalue weighted by Crippen LogP contribution is -2.75. The Labute approximate surface area is 420 Å². The van der Waals surface area contributed by atoms with Crippen LogP contribution >= 0.6 is 0 Å². The molecule has 0 aromatic heterocycles. The number of hydrogen-bond acceptors (Lipinski definition) is 4. The zero-order valence-corrected chi connectivity index (χ0v) is 40.3. The third kappa shape index (κ3) is 6.24. The third-order valence-electron chi connectivity index (χ3n) is 15.0. The van der Waals surface area contributed by atoms with Crippen LogP contribution in [0.5, 0.6) is 23.0 Å². The molecule has 11 aromatic rings. The van der Waals surface area contributed by atoms with Gasteiger partial charge < -0.3 is 19.3 Å². The smallest absolute Gasteiger partial charge is 0.179 e. The van der Waals surface area contributed by atoms with E-state index < -0.39 is 13.5 Å². The van der Waals surface area contributed by atoms with E-state index in [1.165, 1.54) is 54.1 Å². The van der Waals surface area contributed by atoms with Gasteiger partial charge in [0.15, 0.2) is 31.1 Å². The van der Waals surface area contributed by atoms with Crippen molar-refractivity contribution in [2.75, 3.05) is 9.80 Å². The van der Waals surface area contributed by atoms with Crippen molar-refractivity contribution in [3.8, 4) is 34.1 Å². The molecule has 0 radical (unpaired) electrons. The predicted molar refractivity (Wildman–Crippen MR) is 297 cm³/mol. The highest BCUT2D eigenvalue weighted by molar-refractivity contribution is 7.20. The minimum Gasteiger partial charge on any atom is -0.453 e. The van der Waals surface area contributed by atoms with E-state index in [1.807, 2.05) is 24.3 Å². The van der Waals surface area contributed by atoms with Crippen LogP contribution in [0.25, 0.3) is 11.1 Å². The molecule has 0 amide bonds. The van der Waals surface area contributed by atoms with Gasteiger partial charge in [-0.1, -0.05) is 212 Å². The fourth-order valence-electron chi connectivity index (χ4n) is 12.1. The Morgan fingerprint density at radius 2 is 0.639 bits per heavy atom. The first-order chi connectivity index (χ1) is 35.7. The van der Waals surface area contributed by atoms with Gasteiger partial charge in [0.25, 0.3) is 0 Å². The maximum Gasteiger partial charge on any atom is 0.179 e. The molecule has 14 rings (SSSR count). The number of rotatable bonds is 8. The lowest BCUT2D eigenvalue weighted by Gasteiger charge is -2.40. The third-order valence-corrected chi connectivity index (χ3v) is 19.7. The van der Waals surface area contributed by atoms with Gasteiger partial charge in [0.05, 0.1) is 28.2 Å². The van der Waals surface area contributed by atoms with Crippen LogP contribution in [0.15, 0.2) is 279 Å². The summed E-state index contributed by atoms with van der Waals surface area (Å²) in [6, 6.07) is 102. The Kier molecular flexibility index (Phi) is 9.73. The van der Waals surface area contributed by atoms with E-state index in [2.05, 4.69) is 265 Å². The number of fused-ring (bicyclic) bond motifs is 7. The van der Waals surface area contributed by atoms with Crippen molar-refractivity contribution in [2.45, 2.75) is 5.41 Å². The molecule has 0 saturated heterocycles. The zero-order chi connectivity index (χ0) is 47.6. The first-order valence-corrected chi connectivity index (χ1v) is 26.7. The quantitative estimate of drug-likeness (QED) is 0.112. The standard InChI is InChI=1S/C67H46N2O2Si/c1-4-23-47(24-5-1)67(57-33-12-10-31-55(57)56-32-11-13-34-58(56)67)48-25-22-30-53(43-48)72(51-26-6-2-7-27-51,52-28-8-3-9-29-52)54-45-49(68-59-35-14-18-39-63(59)70-64-40-19-15-36-60(64)68)44-50(46-54)69-61-37-16-20-41-65(61)71-66-42-21-17-38-62(66)69/h1-46H. The number of benzene rings is 11.